The SMILES string of the molecule is CCCCCCCCCCCCCCCCCCSP(=O)(O)SCCCCCCCCCCCCCCCCCC. The highest BCUT2D eigenvalue weighted by Crippen LogP contribution is 2.65. The van der Waals surface area contributed by atoms with E-state index in [4.69, 9.17) is 0 Å². The molecule has 0 radical (unpaired) electrons. The van der Waals surface area contributed by atoms with E-state index in [2.05, 4.69) is 13.8 Å². The molecule has 0 bridgehead atoms. The maximum atomic E-state index is 12.4. The van der Waals surface area contributed by atoms with Crippen molar-refractivity contribution in [1.82, 2.24) is 0 Å². The maximum absolute atomic E-state index is 12.4. The lowest BCUT2D eigenvalue weighted by Gasteiger charge is -2.10. The third-order valence-corrected chi connectivity index (χ3v) is 15.1. The van der Waals surface area contributed by atoms with Gasteiger partial charge in [-0.1, -0.05) is 229 Å². The summed E-state index contributed by atoms with van der Waals surface area (Å²) in [5, 5.41) is 0. The molecule has 0 aliphatic rings. The summed E-state index contributed by atoms with van der Waals surface area (Å²) in [6.07, 6.45) is 43.9. The van der Waals surface area contributed by atoms with Gasteiger partial charge in [0.2, 0.25) is 0 Å². The largest absolute Gasteiger partial charge is 0.329 e. The fourth-order valence-electron chi connectivity index (χ4n) is 5.70. The molecule has 2 nitrogen and oxygen atoms in total. The van der Waals surface area contributed by atoms with Gasteiger partial charge in [0.05, 0.1) is 0 Å². The Labute approximate surface area is 267 Å². The lowest BCUT2D eigenvalue weighted by molar-refractivity contribution is 0.514. The Kier molecular flexibility index (Phi) is 36.1. The smallest absolute Gasteiger partial charge is 0.310 e. The third-order valence-electron chi connectivity index (χ3n) is 8.50. The van der Waals surface area contributed by atoms with E-state index in [0.29, 0.717) is 0 Å². The van der Waals surface area contributed by atoms with Gasteiger partial charge >= 0.3 is 5.77 Å². The first kappa shape index (κ1) is 41.9. The number of hydrogen-bond acceptors (Lipinski definition) is 3. The van der Waals surface area contributed by atoms with E-state index < -0.39 is 5.77 Å². The molecule has 0 amide bonds. The Morgan fingerprint density at radius 3 is 0.707 bits per heavy atom. The van der Waals surface area contributed by atoms with Crippen LogP contribution in [0.2, 0.25) is 0 Å². The highest BCUT2D eigenvalue weighted by Gasteiger charge is 2.18. The van der Waals surface area contributed by atoms with Crippen LogP contribution in [0.3, 0.4) is 0 Å². The van der Waals surface area contributed by atoms with Gasteiger partial charge in [-0.05, 0) is 12.8 Å². The summed E-state index contributed by atoms with van der Waals surface area (Å²) in [5.74, 6) is -1.35. The molecule has 0 saturated carbocycles. The molecule has 0 aliphatic heterocycles. The maximum Gasteiger partial charge on any atom is 0.310 e. The van der Waals surface area contributed by atoms with Gasteiger partial charge in [-0.25, -0.2) is 0 Å². The van der Waals surface area contributed by atoms with Crippen molar-refractivity contribution >= 4 is 28.5 Å². The summed E-state index contributed by atoms with van der Waals surface area (Å²) in [5.41, 5.74) is 0. The van der Waals surface area contributed by atoms with Crippen LogP contribution in [0, 0.1) is 0 Å². The molecule has 5 heteroatoms. The first-order chi connectivity index (χ1) is 20.1. The molecule has 0 unspecified atom stereocenters. The lowest BCUT2D eigenvalue weighted by atomic mass is 10.0. The minimum atomic E-state index is -3.04. The van der Waals surface area contributed by atoms with Crippen LogP contribution in [0.25, 0.3) is 0 Å². The predicted molar refractivity (Wildman–Crippen MR) is 194 cm³/mol. The fourth-order valence-corrected chi connectivity index (χ4v) is 11.3. The van der Waals surface area contributed by atoms with Crippen LogP contribution < -0.4 is 0 Å². The van der Waals surface area contributed by atoms with Crippen LogP contribution in [0.1, 0.15) is 219 Å². The molecule has 41 heavy (non-hydrogen) atoms. The number of rotatable bonds is 36. The van der Waals surface area contributed by atoms with Gasteiger partial charge in [0.25, 0.3) is 0 Å². The van der Waals surface area contributed by atoms with Crippen LogP contribution >= 0.6 is 28.5 Å². The van der Waals surface area contributed by atoms with E-state index >= 15 is 0 Å². The minimum Gasteiger partial charge on any atom is -0.329 e. The molecule has 0 spiro atoms. The third kappa shape index (κ3) is 37.0. The summed E-state index contributed by atoms with van der Waals surface area (Å²) in [7, 11) is 0. The van der Waals surface area contributed by atoms with Gasteiger partial charge in [0.1, 0.15) is 0 Å². The molecule has 0 aliphatic carbocycles. The van der Waals surface area contributed by atoms with Crippen molar-refractivity contribution in [2.75, 3.05) is 11.5 Å². The second-order valence-electron chi connectivity index (χ2n) is 12.7. The normalized spacial score (nSPS) is 12.0. The highest BCUT2D eigenvalue weighted by atomic mass is 33.1. The molecule has 0 aromatic rings. The van der Waals surface area contributed by atoms with E-state index in [1.54, 1.807) is 0 Å². The molecule has 248 valence electrons. The van der Waals surface area contributed by atoms with Crippen molar-refractivity contribution in [3.63, 3.8) is 0 Å². The number of hydrogen-bond donors (Lipinski definition) is 1. The predicted octanol–water partition coefficient (Wildman–Crippen LogP) is 15.1. The first-order valence-electron chi connectivity index (χ1n) is 18.7. The zero-order chi connectivity index (χ0) is 30.0. The molecular weight excluding hydrogens is 560 g/mol. The first-order valence-corrected chi connectivity index (χ1v) is 23.6. The van der Waals surface area contributed by atoms with Crippen molar-refractivity contribution in [2.45, 2.75) is 219 Å². The van der Waals surface area contributed by atoms with Crippen LogP contribution in [-0.2, 0) is 4.57 Å². The molecular formula is C36H75O2PS2. The van der Waals surface area contributed by atoms with Crippen molar-refractivity contribution in [2.24, 2.45) is 0 Å². The quantitative estimate of drug-likeness (QED) is 0.0549. The van der Waals surface area contributed by atoms with E-state index in [1.807, 2.05) is 0 Å². The summed E-state index contributed by atoms with van der Waals surface area (Å²) in [6, 6.07) is 0. The molecule has 1 N–H and O–H groups in total. The highest BCUT2D eigenvalue weighted by molar-refractivity contribution is 8.88. The van der Waals surface area contributed by atoms with Gasteiger partial charge < -0.3 is 4.89 Å². The topological polar surface area (TPSA) is 37.3 Å². The Hall–Kier alpha value is 0.890. The molecule has 0 saturated heterocycles. The van der Waals surface area contributed by atoms with Crippen LogP contribution in [-0.4, -0.2) is 16.4 Å². The Morgan fingerprint density at radius 2 is 0.512 bits per heavy atom. The average molecular weight is 635 g/mol. The Balaban J connectivity index is 3.26. The minimum absolute atomic E-state index is 0.845. The summed E-state index contributed by atoms with van der Waals surface area (Å²) < 4.78 is 12.4. The van der Waals surface area contributed by atoms with Gasteiger partial charge in [-0.15, -0.1) is 0 Å². The van der Waals surface area contributed by atoms with Crippen molar-refractivity contribution in [1.29, 1.82) is 0 Å². The molecule has 0 aromatic heterocycles. The summed E-state index contributed by atoms with van der Waals surface area (Å²) in [4.78, 5) is 10.2. The molecule has 0 aromatic carbocycles. The zero-order valence-corrected chi connectivity index (χ0v) is 30.7. The van der Waals surface area contributed by atoms with E-state index in [0.717, 1.165) is 24.3 Å². The van der Waals surface area contributed by atoms with Gasteiger partial charge in [0, 0.05) is 11.5 Å². The molecule has 0 atom stereocenters. The number of unbranched alkanes of at least 4 members (excludes halogenated alkanes) is 30. The van der Waals surface area contributed by atoms with Crippen LogP contribution in [0.4, 0.5) is 0 Å². The van der Waals surface area contributed by atoms with E-state index in [9.17, 15) is 9.46 Å². The molecule has 0 heterocycles. The summed E-state index contributed by atoms with van der Waals surface area (Å²) >= 11 is 2.66. The standard InChI is InChI=1S/C36H75O2PS2/c1-3-5-7-9-11-13-15-17-19-21-23-25-27-29-31-33-35-40-39(37,38)41-36-34-32-30-28-26-24-22-20-18-16-14-12-10-8-6-4-2/h3-36H2,1-2H3,(H,37,38). The molecule has 0 fully saturated rings. The van der Waals surface area contributed by atoms with Crippen molar-refractivity contribution in [3.05, 3.63) is 0 Å². The van der Waals surface area contributed by atoms with E-state index in [-0.39, 0.29) is 0 Å². The monoisotopic (exact) mass is 634 g/mol. The van der Waals surface area contributed by atoms with Gasteiger partial charge in [-0.3, -0.25) is 4.57 Å². The van der Waals surface area contributed by atoms with Gasteiger partial charge in [-0.2, -0.15) is 0 Å². The Morgan fingerprint density at radius 1 is 0.341 bits per heavy atom. The zero-order valence-electron chi connectivity index (χ0n) is 28.2. The summed E-state index contributed by atoms with van der Waals surface area (Å²) in [6.45, 7) is 4.58. The molecule has 0 rings (SSSR count). The average Bonchev–Trinajstić information content (AvgIpc) is 2.96. The second kappa shape index (κ2) is 35.4. The van der Waals surface area contributed by atoms with Crippen LogP contribution in [0.5, 0.6) is 0 Å². The van der Waals surface area contributed by atoms with Gasteiger partial charge in [0.15, 0.2) is 0 Å². The van der Waals surface area contributed by atoms with E-state index in [1.165, 1.54) is 215 Å². The van der Waals surface area contributed by atoms with Crippen molar-refractivity contribution < 1.29 is 9.46 Å². The van der Waals surface area contributed by atoms with Crippen molar-refractivity contribution in [3.8, 4) is 0 Å². The van der Waals surface area contributed by atoms with Crippen LogP contribution in [0.15, 0.2) is 0 Å². The second-order valence-corrected chi connectivity index (χ2v) is 20.2. The Bertz CT molecular complexity index is 490. The lowest BCUT2D eigenvalue weighted by Crippen LogP contribution is -1.86. The fraction of sp³-hybridized carbons (Fsp3) is 1.00.